The second kappa shape index (κ2) is 4.27. The highest BCUT2D eigenvalue weighted by Crippen LogP contribution is 2.21. The predicted molar refractivity (Wildman–Crippen MR) is 69.1 cm³/mol. The fourth-order valence-electron chi connectivity index (χ4n) is 1.71. The van der Waals surface area contributed by atoms with Crippen molar-refractivity contribution in [3.05, 3.63) is 41.5 Å². The van der Waals surface area contributed by atoms with Crippen LogP contribution in [0.2, 0.25) is 0 Å². The lowest BCUT2D eigenvalue weighted by Crippen LogP contribution is -2.02. The molecule has 17 heavy (non-hydrogen) atoms. The van der Waals surface area contributed by atoms with Gasteiger partial charge in [-0.25, -0.2) is 9.50 Å². The first-order chi connectivity index (χ1) is 8.36. The van der Waals surface area contributed by atoms with Crippen molar-refractivity contribution in [2.45, 2.75) is 6.42 Å². The lowest BCUT2D eigenvalue weighted by molar-refractivity contribution is 0.873. The average molecular weight is 244 g/mol. The van der Waals surface area contributed by atoms with E-state index in [9.17, 15) is 0 Å². The van der Waals surface area contributed by atoms with Crippen LogP contribution in [-0.2, 0) is 6.42 Å². The zero-order chi connectivity index (χ0) is 11.7. The minimum Gasteiger partial charge on any atom is -0.330 e. The van der Waals surface area contributed by atoms with Crippen LogP contribution in [0.15, 0.2) is 36.5 Å². The highest BCUT2D eigenvalue weighted by Gasteiger charge is 2.08. The summed E-state index contributed by atoms with van der Waals surface area (Å²) in [6.07, 6.45) is 2.77. The molecule has 0 saturated carbocycles. The van der Waals surface area contributed by atoms with Crippen LogP contribution in [0.5, 0.6) is 0 Å². The van der Waals surface area contributed by atoms with Gasteiger partial charge in [-0.1, -0.05) is 41.7 Å². The predicted octanol–water partition coefficient (Wildman–Crippen LogP) is 1.96. The topological polar surface area (TPSA) is 56.2 Å². The van der Waals surface area contributed by atoms with Crippen LogP contribution in [0.3, 0.4) is 0 Å². The van der Waals surface area contributed by atoms with Crippen LogP contribution in [-0.4, -0.2) is 21.1 Å². The Labute approximate surface area is 103 Å². The van der Waals surface area contributed by atoms with Crippen LogP contribution in [0.4, 0.5) is 0 Å². The molecule has 3 rings (SSSR count). The van der Waals surface area contributed by atoms with Crippen molar-refractivity contribution in [2.75, 3.05) is 6.54 Å². The molecular weight excluding hydrogens is 232 g/mol. The summed E-state index contributed by atoms with van der Waals surface area (Å²) < 4.78 is 1.83. The highest BCUT2D eigenvalue weighted by molar-refractivity contribution is 7.16. The molecule has 0 spiro atoms. The fraction of sp³-hybridized carbons (Fsp3) is 0.167. The van der Waals surface area contributed by atoms with Gasteiger partial charge in [0.1, 0.15) is 5.01 Å². The summed E-state index contributed by atoms with van der Waals surface area (Å²) in [7, 11) is 0. The number of benzene rings is 1. The average Bonchev–Trinajstić information content (AvgIpc) is 2.88. The summed E-state index contributed by atoms with van der Waals surface area (Å²) in [4.78, 5) is 5.49. The fourth-order valence-corrected chi connectivity index (χ4v) is 2.60. The maximum Gasteiger partial charge on any atom is 0.212 e. The number of hydrogen-bond donors (Lipinski definition) is 1. The molecule has 2 aromatic heterocycles. The van der Waals surface area contributed by atoms with E-state index in [1.54, 1.807) is 11.3 Å². The van der Waals surface area contributed by atoms with Crippen LogP contribution < -0.4 is 5.73 Å². The first-order valence-corrected chi connectivity index (χ1v) is 6.29. The molecule has 0 fully saturated rings. The molecule has 0 aliphatic carbocycles. The van der Waals surface area contributed by atoms with Gasteiger partial charge < -0.3 is 5.73 Å². The minimum absolute atomic E-state index is 0.627. The maximum absolute atomic E-state index is 5.51. The number of fused-ring (bicyclic) bond motifs is 1. The molecule has 0 saturated heterocycles. The van der Waals surface area contributed by atoms with E-state index in [0.29, 0.717) is 6.54 Å². The molecule has 0 atom stereocenters. The van der Waals surface area contributed by atoms with Gasteiger partial charge in [0, 0.05) is 12.0 Å². The zero-order valence-corrected chi connectivity index (χ0v) is 10.0. The lowest BCUT2D eigenvalue weighted by Gasteiger charge is -1.93. The van der Waals surface area contributed by atoms with Gasteiger partial charge in [-0.05, 0) is 6.54 Å². The molecule has 4 nitrogen and oxygen atoms in total. The van der Waals surface area contributed by atoms with Crippen molar-refractivity contribution in [1.29, 1.82) is 0 Å². The van der Waals surface area contributed by atoms with Crippen molar-refractivity contribution in [3.8, 4) is 11.3 Å². The summed E-state index contributed by atoms with van der Waals surface area (Å²) in [5.41, 5.74) is 7.59. The van der Waals surface area contributed by atoms with Crippen molar-refractivity contribution in [3.63, 3.8) is 0 Å². The number of aromatic nitrogens is 3. The van der Waals surface area contributed by atoms with Crippen LogP contribution in [0.25, 0.3) is 16.2 Å². The van der Waals surface area contributed by atoms with E-state index in [2.05, 4.69) is 10.1 Å². The third kappa shape index (κ3) is 1.94. The Kier molecular flexibility index (Phi) is 2.62. The lowest BCUT2D eigenvalue weighted by atomic mass is 10.2. The molecule has 5 heteroatoms. The molecule has 3 aromatic rings. The Morgan fingerprint density at radius 1 is 1.24 bits per heavy atom. The Hall–Kier alpha value is -1.72. The molecule has 86 valence electrons. The molecule has 0 aliphatic heterocycles. The van der Waals surface area contributed by atoms with Gasteiger partial charge in [0.25, 0.3) is 0 Å². The van der Waals surface area contributed by atoms with Crippen LogP contribution in [0, 0.1) is 0 Å². The van der Waals surface area contributed by atoms with Gasteiger partial charge in [-0.15, -0.1) is 0 Å². The van der Waals surface area contributed by atoms with Crippen molar-refractivity contribution >= 4 is 16.3 Å². The summed E-state index contributed by atoms with van der Waals surface area (Å²) >= 11 is 1.60. The van der Waals surface area contributed by atoms with Gasteiger partial charge >= 0.3 is 0 Å². The van der Waals surface area contributed by atoms with E-state index < -0.39 is 0 Å². The Balaban J connectivity index is 2.01. The standard InChI is InChI=1S/C12H12N4S/c13-7-6-11-15-16-8-10(14-12(16)17-11)9-4-2-1-3-5-9/h1-5,8H,6-7,13H2. The molecule has 1 aromatic carbocycles. The Bertz CT molecular complexity index is 595. The third-order valence-electron chi connectivity index (χ3n) is 2.51. The molecule has 0 aliphatic rings. The van der Waals surface area contributed by atoms with Gasteiger partial charge in [0.05, 0.1) is 11.9 Å². The number of nitrogens with zero attached hydrogens (tertiary/aromatic N) is 3. The molecule has 0 amide bonds. The first-order valence-electron chi connectivity index (χ1n) is 5.47. The van der Waals surface area contributed by atoms with Crippen molar-refractivity contribution in [1.82, 2.24) is 14.6 Å². The van der Waals surface area contributed by atoms with E-state index in [4.69, 9.17) is 5.73 Å². The van der Waals surface area contributed by atoms with E-state index in [1.807, 2.05) is 41.0 Å². The van der Waals surface area contributed by atoms with Crippen molar-refractivity contribution < 1.29 is 0 Å². The minimum atomic E-state index is 0.627. The monoisotopic (exact) mass is 244 g/mol. The normalized spacial score (nSPS) is 11.1. The van der Waals surface area contributed by atoms with E-state index >= 15 is 0 Å². The van der Waals surface area contributed by atoms with E-state index in [-0.39, 0.29) is 0 Å². The second-order valence-corrected chi connectivity index (χ2v) is 4.79. The molecular formula is C12H12N4S. The number of nitrogens with two attached hydrogens (primary N) is 1. The number of rotatable bonds is 3. The van der Waals surface area contributed by atoms with Gasteiger partial charge in [-0.2, -0.15) is 5.10 Å². The zero-order valence-electron chi connectivity index (χ0n) is 9.21. The van der Waals surface area contributed by atoms with Crippen LogP contribution in [0.1, 0.15) is 5.01 Å². The summed E-state index contributed by atoms with van der Waals surface area (Å²) in [5, 5.41) is 5.48. The molecule has 0 unspecified atom stereocenters. The largest absolute Gasteiger partial charge is 0.330 e. The first kappa shape index (κ1) is 10.4. The Morgan fingerprint density at radius 2 is 2.06 bits per heavy atom. The summed E-state index contributed by atoms with van der Waals surface area (Å²) in [6, 6.07) is 10.1. The van der Waals surface area contributed by atoms with Gasteiger partial charge in [-0.3, -0.25) is 0 Å². The summed E-state index contributed by atoms with van der Waals surface area (Å²) in [6.45, 7) is 0.627. The molecule has 0 radical (unpaired) electrons. The van der Waals surface area contributed by atoms with Gasteiger partial charge in [0.15, 0.2) is 0 Å². The second-order valence-electron chi connectivity index (χ2n) is 3.75. The quantitative estimate of drug-likeness (QED) is 0.766. The van der Waals surface area contributed by atoms with E-state index in [0.717, 1.165) is 27.6 Å². The number of hydrogen-bond acceptors (Lipinski definition) is 4. The smallest absolute Gasteiger partial charge is 0.212 e. The SMILES string of the molecule is NCCc1nn2cc(-c3ccccc3)nc2s1. The molecule has 0 bridgehead atoms. The van der Waals surface area contributed by atoms with E-state index in [1.165, 1.54) is 0 Å². The third-order valence-corrected chi connectivity index (χ3v) is 3.50. The molecule has 2 N–H and O–H groups in total. The highest BCUT2D eigenvalue weighted by atomic mass is 32.1. The van der Waals surface area contributed by atoms with Gasteiger partial charge in [0.2, 0.25) is 4.96 Å². The van der Waals surface area contributed by atoms with Crippen molar-refractivity contribution in [2.24, 2.45) is 5.73 Å². The molecule has 2 heterocycles. The Morgan fingerprint density at radius 3 is 2.76 bits per heavy atom. The maximum atomic E-state index is 5.51. The van der Waals surface area contributed by atoms with Crippen LogP contribution >= 0.6 is 11.3 Å². The number of imidazole rings is 1. The summed E-state index contributed by atoms with van der Waals surface area (Å²) in [5.74, 6) is 0.